The van der Waals surface area contributed by atoms with Crippen molar-refractivity contribution in [3.63, 3.8) is 0 Å². The minimum absolute atomic E-state index is 0.708. The Morgan fingerprint density at radius 2 is 2.17 bits per heavy atom. The maximum Gasteiger partial charge on any atom is -0.00661 e. The summed E-state index contributed by atoms with van der Waals surface area (Å²) in [7, 11) is 0. The Morgan fingerprint density at radius 1 is 1.67 bits per heavy atom. The van der Waals surface area contributed by atoms with E-state index in [4.69, 9.17) is 0 Å². The molecule has 0 N–H and O–H groups in total. The summed E-state index contributed by atoms with van der Waals surface area (Å²) in [6.45, 7) is 2.26. The molecule has 1 spiro atoms. The molecule has 0 heterocycles. The first kappa shape index (κ1) is 3.06. The van der Waals surface area contributed by atoms with Crippen molar-refractivity contribution in [2.24, 2.45) is 11.3 Å². The van der Waals surface area contributed by atoms with Crippen LogP contribution < -0.4 is 0 Å². The molecular weight excluding hydrogens is 72.1 g/mol. The van der Waals surface area contributed by atoms with Gasteiger partial charge in [-0.25, -0.2) is 0 Å². The van der Waals surface area contributed by atoms with Crippen LogP contribution >= 0.6 is 0 Å². The molecule has 0 aliphatic heterocycles. The van der Waals surface area contributed by atoms with E-state index in [1.807, 2.05) is 0 Å². The minimum Gasteiger partial charge on any atom is -0.0614 e. The fourth-order valence-electron chi connectivity index (χ4n) is 1.10. The lowest BCUT2D eigenvalue weighted by molar-refractivity contribution is 0.773. The van der Waals surface area contributed by atoms with E-state index in [1.54, 1.807) is 0 Å². The van der Waals surface area contributed by atoms with Crippen LogP contribution in [0.5, 0.6) is 0 Å². The van der Waals surface area contributed by atoms with Gasteiger partial charge in [-0.05, 0) is 30.6 Å². The normalized spacial score (nSPS) is 46.5. The Morgan fingerprint density at radius 3 is 2.17 bits per heavy atom. The van der Waals surface area contributed by atoms with Crippen molar-refractivity contribution in [2.45, 2.75) is 19.8 Å². The molecule has 2 aliphatic carbocycles. The van der Waals surface area contributed by atoms with E-state index in [2.05, 4.69) is 13.3 Å². The van der Waals surface area contributed by atoms with E-state index in [-0.39, 0.29) is 0 Å². The molecule has 0 aromatic heterocycles. The Bertz CT molecular complexity index is 80.0. The van der Waals surface area contributed by atoms with Crippen LogP contribution in [0.15, 0.2) is 0 Å². The van der Waals surface area contributed by atoms with Gasteiger partial charge in [0.1, 0.15) is 0 Å². The van der Waals surface area contributed by atoms with E-state index in [0.717, 1.165) is 5.92 Å². The molecule has 0 saturated heterocycles. The Balaban J connectivity index is 2.17. The maximum atomic E-state index is 3.38. The molecule has 2 radical (unpaired) electrons. The molecule has 0 aromatic carbocycles. The molecule has 1 unspecified atom stereocenters. The van der Waals surface area contributed by atoms with Crippen LogP contribution in [0.2, 0.25) is 0 Å². The van der Waals surface area contributed by atoms with Crippen molar-refractivity contribution in [1.29, 1.82) is 0 Å². The highest BCUT2D eigenvalue weighted by atomic mass is 14.6. The van der Waals surface area contributed by atoms with Crippen molar-refractivity contribution in [2.75, 3.05) is 0 Å². The zero-order chi connectivity index (χ0) is 4.20. The third-order valence-electron chi connectivity index (χ3n) is 2.04. The lowest BCUT2D eigenvalue weighted by Crippen LogP contribution is -1.64. The highest BCUT2D eigenvalue weighted by molar-refractivity contribution is 5.24. The molecule has 0 bridgehead atoms. The molecule has 0 heteroatoms. The van der Waals surface area contributed by atoms with Gasteiger partial charge in [0.15, 0.2) is 0 Å². The number of hydrogen-bond donors (Lipinski definition) is 0. The summed E-state index contributed by atoms with van der Waals surface area (Å²) in [4.78, 5) is 0. The topological polar surface area (TPSA) is 0 Å². The highest BCUT2D eigenvalue weighted by Gasteiger charge is 2.60. The third kappa shape index (κ3) is 0.184. The largest absolute Gasteiger partial charge is 0.0614 e. The van der Waals surface area contributed by atoms with Gasteiger partial charge in [-0.15, -0.1) is 0 Å². The molecule has 1 atom stereocenters. The van der Waals surface area contributed by atoms with Crippen molar-refractivity contribution in [3.05, 3.63) is 6.42 Å². The van der Waals surface area contributed by atoms with Gasteiger partial charge in [-0.2, -0.15) is 0 Å². The molecule has 6 heavy (non-hydrogen) atoms. The van der Waals surface area contributed by atoms with Crippen molar-refractivity contribution in [3.8, 4) is 0 Å². The lowest BCUT2D eigenvalue weighted by Gasteiger charge is -1.71. The first-order valence-corrected chi connectivity index (χ1v) is 2.61. The predicted molar refractivity (Wildman–Crippen MR) is 24.1 cm³/mol. The predicted octanol–water partition coefficient (Wildman–Crippen LogP) is 1.50. The minimum atomic E-state index is 0.708. The maximum absolute atomic E-state index is 3.38. The van der Waals surface area contributed by atoms with Crippen LogP contribution in [0.4, 0.5) is 0 Å². The summed E-state index contributed by atoms with van der Waals surface area (Å²) in [5.41, 5.74) is 0.708. The highest BCUT2D eigenvalue weighted by Crippen LogP contribution is 2.69. The van der Waals surface area contributed by atoms with Gasteiger partial charge in [0.2, 0.25) is 0 Å². The van der Waals surface area contributed by atoms with Crippen molar-refractivity contribution >= 4 is 0 Å². The third-order valence-corrected chi connectivity index (χ3v) is 2.04. The van der Waals surface area contributed by atoms with Gasteiger partial charge in [0.25, 0.3) is 0 Å². The second kappa shape index (κ2) is 0.556. The van der Waals surface area contributed by atoms with Gasteiger partial charge < -0.3 is 0 Å². The monoisotopic (exact) mass is 80.1 g/mol. The van der Waals surface area contributed by atoms with Crippen LogP contribution in [-0.2, 0) is 0 Å². The average Bonchev–Trinajstić information content (AvgIpc) is 2.25. The van der Waals surface area contributed by atoms with E-state index >= 15 is 0 Å². The summed E-state index contributed by atoms with van der Waals surface area (Å²) in [6, 6.07) is 0. The van der Waals surface area contributed by atoms with E-state index in [0.29, 0.717) is 5.41 Å². The van der Waals surface area contributed by atoms with Crippen LogP contribution in [0.3, 0.4) is 0 Å². The summed E-state index contributed by atoms with van der Waals surface area (Å²) < 4.78 is 0. The van der Waals surface area contributed by atoms with Gasteiger partial charge in [0.05, 0.1) is 0 Å². The van der Waals surface area contributed by atoms with Gasteiger partial charge >= 0.3 is 0 Å². The number of rotatable bonds is 0. The second-order valence-electron chi connectivity index (χ2n) is 2.52. The summed E-state index contributed by atoms with van der Waals surface area (Å²) in [6.07, 6.45) is 6.26. The molecule has 2 saturated carbocycles. The first-order valence-electron chi connectivity index (χ1n) is 2.61. The lowest BCUT2D eigenvalue weighted by atomic mass is 10.3. The summed E-state index contributed by atoms with van der Waals surface area (Å²) in [5, 5.41) is 0. The molecule has 2 fully saturated rings. The average molecular weight is 80.1 g/mol. The van der Waals surface area contributed by atoms with Crippen LogP contribution in [-0.4, -0.2) is 0 Å². The Labute approximate surface area is 38.6 Å². The van der Waals surface area contributed by atoms with E-state index in [9.17, 15) is 0 Å². The molecular formula is C6H8. The quantitative estimate of drug-likeness (QED) is 0.413. The van der Waals surface area contributed by atoms with Crippen LogP contribution in [0, 0.1) is 17.8 Å². The van der Waals surface area contributed by atoms with Gasteiger partial charge in [-0.1, -0.05) is 6.92 Å². The smallest absolute Gasteiger partial charge is 0.00661 e. The van der Waals surface area contributed by atoms with E-state index in [1.165, 1.54) is 12.8 Å². The van der Waals surface area contributed by atoms with Crippen molar-refractivity contribution in [1.82, 2.24) is 0 Å². The van der Waals surface area contributed by atoms with Crippen LogP contribution in [0.1, 0.15) is 19.8 Å². The zero-order valence-electron chi connectivity index (χ0n) is 3.99. The standard InChI is InChI=1S/C6H8/c1-5-4-6(5)2-3-6/h5H,2-3H2,1H3. The van der Waals surface area contributed by atoms with Gasteiger partial charge in [0, 0.05) is 0 Å². The summed E-state index contributed by atoms with van der Waals surface area (Å²) in [5.74, 6) is 0.859. The van der Waals surface area contributed by atoms with Crippen molar-refractivity contribution < 1.29 is 0 Å². The first-order chi connectivity index (χ1) is 2.83. The SMILES string of the molecule is CC1[C]C12CC2. The second-order valence-corrected chi connectivity index (χ2v) is 2.52. The molecule has 2 aliphatic rings. The van der Waals surface area contributed by atoms with Crippen LogP contribution in [0.25, 0.3) is 0 Å². The molecule has 0 nitrogen and oxygen atoms in total. The fourth-order valence-corrected chi connectivity index (χ4v) is 1.10. The number of hydrogen-bond acceptors (Lipinski definition) is 0. The van der Waals surface area contributed by atoms with E-state index < -0.39 is 0 Å². The zero-order valence-corrected chi connectivity index (χ0v) is 3.99. The molecule has 0 amide bonds. The van der Waals surface area contributed by atoms with Gasteiger partial charge in [-0.3, -0.25) is 0 Å². The Hall–Kier alpha value is 0. The fraction of sp³-hybridized carbons (Fsp3) is 0.833. The summed E-state index contributed by atoms with van der Waals surface area (Å²) >= 11 is 0. The molecule has 2 rings (SSSR count). The Kier molecular flexibility index (Phi) is 0.283. The molecule has 0 aromatic rings. The molecule has 32 valence electrons.